The molecule has 0 bridgehead atoms. The molecule has 0 aliphatic rings. The number of rotatable bonds is 5. The van der Waals surface area contributed by atoms with E-state index in [9.17, 15) is 19.6 Å². The Balaban J connectivity index is 1.92. The molecule has 1 aromatic heterocycles. The van der Waals surface area contributed by atoms with Gasteiger partial charge in [-0.25, -0.2) is 4.79 Å². The molecule has 4 amide bonds. The van der Waals surface area contributed by atoms with Gasteiger partial charge in [0.2, 0.25) is 5.91 Å². The number of para-hydroxylation sites is 2. The molecule has 0 aliphatic heterocycles. The first kappa shape index (κ1) is 19.4. The summed E-state index contributed by atoms with van der Waals surface area (Å²) in [6, 6.07) is 17.1. The third-order valence-corrected chi connectivity index (χ3v) is 4.09. The van der Waals surface area contributed by atoms with Gasteiger partial charge in [0.25, 0.3) is 5.91 Å². The minimum atomic E-state index is -1.05. The van der Waals surface area contributed by atoms with E-state index >= 15 is 0 Å². The number of nitrogens with zero attached hydrogens (tertiary/aromatic N) is 2. The van der Waals surface area contributed by atoms with Crippen LogP contribution in [0.4, 0.5) is 10.5 Å². The molecule has 8 nitrogen and oxygen atoms in total. The zero-order valence-corrected chi connectivity index (χ0v) is 15.3. The predicted molar refractivity (Wildman–Crippen MR) is 108 cm³/mol. The number of imide groups is 1. The van der Waals surface area contributed by atoms with Gasteiger partial charge in [-0.3, -0.25) is 14.9 Å². The summed E-state index contributed by atoms with van der Waals surface area (Å²) in [6.07, 6.45) is 3.02. The molecule has 144 valence electrons. The third kappa shape index (κ3) is 4.67. The fraction of sp³-hybridized carbons (Fsp3) is 0.0476. The number of hydrogen-bond acceptors (Lipinski definition) is 4. The standard InChI is InChI=1S/C21H17N5O3/c22-11-14(20(28)25-21(23)29)10-15-12-26(18-9-5-4-8-17(15)18)13-19(27)24-16-6-2-1-3-7-16/h1-10,12H,13H2,(H,24,27)(H3,23,25,28,29)/b14-10-. The van der Waals surface area contributed by atoms with Crippen molar-refractivity contribution in [1.82, 2.24) is 9.88 Å². The first-order chi connectivity index (χ1) is 14.0. The van der Waals surface area contributed by atoms with Crippen molar-refractivity contribution in [2.75, 3.05) is 5.32 Å². The summed E-state index contributed by atoms with van der Waals surface area (Å²) in [5, 5.41) is 14.7. The lowest BCUT2D eigenvalue weighted by Crippen LogP contribution is -2.35. The molecule has 0 atom stereocenters. The molecule has 0 unspecified atom stereocenters. The number of nitrogens with one attached hydrogen (secondary N) is 2. The lowest BCUT2D eigenvalue weighted by molar-refractivity contribution is -0.117. The maximum atomic E-state index is 12.4. The maximum absolute atomic E-state index is 12.4. The largest absolute Gasteiger partial charge is 0.351 e. The van der Waals surface area contributed by atoms with Crippen LogP contribution in [0.3, 0.4) is 0 Å². The van der Waals surface area contributed by atoms with Crippen molar-refractivity contribution in [3.8, 4) is 6.07 Å². The number of primary amides is 1. The van der Waals surface area contributed by atoms with E-state index in [-0.39, 0.29) is 18.0 Å². The Labute approximate surface area is 166 Å². The van der Waals surface area contributed by atoms with Crippen molar-refractivity contribution in [3.05, 3.63) is 71.9 Å². The van der Waals surface area contributed by atoms with Crippen LogP contribution in [0.5, 0.6) is 0 Å². The molecular weight excluding hydrogens is 370 g/mol. The summed E-state index contributed by atoms with van der Waals surface area (Å²) in [4.78, 5) is 35.2. The van der Waals surface area contributed by atoms with Crippen LogP contribution in [0.2, 0.25) is 0 Å². The van der Waals surface area contributed by atoms with Gasteiger partial charge in [0.15, 0.2) is 0 Å². The number of nitriles is 1. The van der Waals surface area contributed by atoms with E-state index in [0.717, 1.165) is 10.9 Å². The minimum Gasteiger partial charge on any atom is -0.351 e. The van der Waals surface area contributed by atoms with Crippen LogP contribution >= 0.6 is 0 Å². The van der Waals surface area contributed by atoms with Crippen LogP contribution in [0.15, 0.2) is 66.4 Å². The van der Waals surface area contributed by atoms with E-state index in [4.69, 9.17) is 5.73 Å². The van der Waals surface area contributed by atoms with Gasteiger partial charge in [0, 0.05) is 28.4 Å². The number of hydrogen-bond donors (Lipinski definition) is 3. The number of benzene rings is 2. The van der Waals surface area contributed by atoms with E-state index in [1.807, 2.05) is 47.8 Å². The van der Waals surface area contributed by atoms with Crippen molar-refractivity contribution in [2.45, 2.75) is 6.54 Å². The molecule has 8 heteroatoms. The molecule has 2 aromatic carbocycles. The highest BCUT2D eigenvalue weighted by Crippen LogP contribution is 2.24. The molecule has 0 aliphatic carbocycles. The number of aromatic nitrogens is 1. The molecule has 0 saturated heterocycles. The first-order valence-electron chi connectivity index (χ1n) is 8.63. The molecule has 29 heavy (non-hydrogen) atoms. The summed E-state index contributed by atoms with van der Waals surface area (Å²) in [5.41, 5.74) is 6.66. The maximum Gasteiger partial charge on any atom is 0.319 e. The van der Waals surface area contributed by atoms with Crippen LogP contribution in [0.25, 0.3) is 17.0 Å². The summed E-state index contributed by atoms with van der Waals surface area (Å²) < 4.78 is 1.72. The highest BCUT2D eigenvalue weighted by atomic mass is 16.2. The van der Waals surface area contributed by atoms with E-state index in [0.29, 0.717) is 11.3 Å². The fourth-order valence-corrected chi connectivity index (χ4v) is 2.88. The Hall–Kier alpha value is -4.38. The summed E-state index contributed by atoms with van der Waals surface area (Å²) in [6.45, 7) is 0.0403. The highest BCUT2D eigenvalue weighted by Gasteiger charge is 2.14. The van der Waals surface area contributed by atoms with E-state index in [2.05, 4.69) is 5.32 Å². The number of nitrogens with two attached hydrogens (primary N) is 1. The minimum absolute atomic E-state index is 0.0403. The Morgan fingerprint density at radius 1 is 1.07 bits per heavy atom. The SMILES string of the molecule is N#C/C(=C/c1cn(CC(=O)Nc2ccccc2)c2ccccc12)C(=O)NC(N)=O. The Kier molecular flexibility index (Phi) is 5.71. The van der Waals surface area contributed by atoms with Crippen molar-refractivity contribution < 1.29 is 14.4 Å². The average Bonchev–Trinajstić information content (AvgIpc) is 3.03. The van der Waals surface area contributed by atoms with Gasteiger partial charge in [-0.1, -0.05) is 36.4 Å². The van der Waals surface area contributed by atoms with E-state index in [1.165, 1.54) is 6.08 Å². The van der Waals surface area contributed by atoms with Gasteiger partial charge in [0.05, 0.1) is 0 Å². The second-order valence-electron chi connectivity index (χ2n) is 6.13. The van der Waals surface area contributed by atoms with Crippen molar-refractivity contribution >= 4 is 40.5 Å². The number of amides is 4. The molecule has 0 saturated carbocycles. The Morgan fingerprint density at radius 3 is 2.45 bits per heavy atom. The zero-order chi connectivity index (χ0) is 20.8. The number of anilines is 1. The average molecular weight is 387 g/mol. The lowest BCUT2D eigenvalue weighted by atomic mass is 10.1. The fourth-order valence-electron chi connectivity index (χ4n) is 2.88. The van der Waals surface area contributed by atoms with E-state index < -0.39 is 11.9 Å². The molecule has 3 rings (SSSR count). The molecule has 4 N–H and O–H groups in total. The Bertz CT molecular complexity index is 1160. The van der Waals surface area contributed by atoms with Crippen LogP contribution in [0.1, 0.15) is 5.56 Å². The van der Waals surface area contributed by atoms with Crippen LogP contribution < -0.4 is 16.4 Å². The molecule has 0 radical (unpaired) electrons. The third-order valence-electron chi connectivity index (χ3n) is 4.09. The molecular formula is C21H17N5O3. The monoisotopic (exact) mass is 387 g/mol. The quantitative estimate of drug-likeness (QED) is 0.458. The number of carbonyl (C=O) groups is 3. The predicted octanol–water partition coefficient (Wildman–Crippen LogP) is 2.38. The van der Waals surface area contributed by atoms with Gasteiger partial charge in [-0.2, -0.15) is 5.26 Å². The van der Waals surface area contributed by atoms with Crippen molar-refractivity contribution in [1.29, 1.82) is 5.26 Å². The first-order valence-corrected chi connectivity index (χ1v) is 8.63. The van der Waals surface area contributed by atoms with Gasteiger partial charge < -0.3 is 15.6 Å². The molecule has 0 spiro atoms. The van der Waals surface area contributed by atoms with Gasteiger partial charge >= 0.3 is 6.03 Å². The highest BCUT2D eigenvalue weighted by molar-refractivity contribution is 6.09. The zero-order valence-electron chi connectivity index (χ0n) is 15.3. The van der Waals surface area contributed by atoms with Crippen LogP contribution in [-0.4, -0.2) is 22.4 Å². The summed E-state index contributed by atoms with van der Waals surface area (Å²) in [5.74, 6) is -1.11. The molecule has 0 fully saturated rings. The molecule has 1 heterocycles. The summed E-state index contributed by atoms with van der Waals surface area (Å²) in [7, 11) is 0. The normalized spacial score (nSPS) is 10.9. The number of carbonyl (C=O) groups excluding carboxylic acids is 3. The van der Waals surface area contributed by atoms with Crippen molar-refractivity contribution in [3.63, 3.8) is 0 Å². The van der Waals surface area contributed by atoms with Crippen LogP contribution in [0, 0.1) is 11.3 Å². The Morgan fingerprint density at radius 2 is 1.76 bits per heavy atom. The lowest BCUT2D eigenvalue weighted by Gasteiger charge is -2.07. The molecule has 3 aromatic rings. The van der Waals surface area contributed by atoms with Gasteiger partial charge in [0.1, 0.15) is 18.2 Å². The number of urea groups is 1. The van der Waals surface area contributed by atoms with Crippen LogP contribution in [-0.2, 0) is 16.1 Å². The second-order valence-corrected chi connectivity index (χ2v) is 6.13. The smallest absolute Gasteiger partial charge is 0.319 e. The van der Waals surface area contributed by atoms with E-state index in [1.54, 1.807) is 29.0 Å². The summed E-state index contributed by atoms with van der Waals surface area (Å²) >= 11 is 0. The van der Waals surface area contributed by atoms with Gasteiger partial charge in [-0.15, -0.1) is 0 Å². The topological polar surface area (TPSA) is 130 Å². The second kappa shape index (κ2) is 8.54. The van der Waals surface area contributed by atoms with Crippen molar-refractivity contribution in [2.24, 2.45) is 5.73 Å². The number of fused-ring (bicyclic) bond motifs is 1. The van der Waals surface area contributed by atoms with Gasteiger partial charge in [-0.05, 0) is 24.3 Å².